The van der Waals surface area contributed by atoms with Crippen LogP contribution in [0.5, 0.6) is 0 Å². The highest BCUT2D eigenvalue weighted by Crippen LogP contribution is 1.85. The summed E-state index contributed by atoms with van der Waals surface area (Å²) in [4.78, 5) is 2.69. The number of hydrogen-bond donors (Lipinski definition) is 0. The van der Waals surface area contributed by atoms with Crippen LogP contribution in [0.1, 0.15) is 0 Å². The van der Waals surface area contributed by atoms with Crippen LogP contribution in [0.15, 0.2) is 24.5 Å². The molecule has 7 heavy (non-hydrogen) atoms. The third-order valence-corrected chi connectivity index (χ3v) is 0.678. The maximum atomic E-state index is 11.9. The molecule has 0 radical (unpaired) electrons. The Bertz CT molecular complexity index is 138. The Labute approximate surface area is 40.8 Å². The molecule has 0 saturated heterocycles. The molecule has 1 aromatic rings. The summed E-state index contributed by atoms with van der Waals surface area (Å²) < 4.78 is 11.9. The molecule has 0 fully saturated rings. The molecular formula is C5H5FN+. The summed E-state index contributed by atoms with van der Waals surface area (Å²) in [6.07, 6.45) is 3.07. The molecule has 0 aliphatic heterocycles. The van der Waals surface area contributed by atoms with E-state index in [4.69, 9.17) is 0 Å². The summed E-state index contributed by atoms with van der Waals surface area (Å²) in [5, 5.41) is 0. The molecule has 36 valence electrons. The average molecular weight is 98.1 g/mol. The molecule has 2 heteroatoms. The van der Waals surface area contributed by atoms with Crippen molar-refractivity contribution in [1.29, 1.82) is 0 Å². The van der Waals surface area contributed by atoms with Gasteiger partial charge in [0.15, 0.2) is 12.4 Å². The van der Waals surface area contributed by atoms with Crippen molar-refractivity contribution in [1.82, 2.24) is 0 Å². The Morgan fingerprint density at radius 1 is 1.29 bits per heavy atom. The molecule has 1 rings (SSSR count). The maximum absolute atomic E-state index is 11.9. The smallest absolute Gasteiger partial charge is 0.169 e. The number of nitrogens with one attached hydrogen (secondary N) is 1. The molecule has 0 spiro atoms. The highest BCUT2D eigenvalue weighted by Gasteiger charge is 1.83. The highest BCUT2D eigenvalue weighted by molar-refractivity contribution is 4.87. The fraction of sp³-hybridized carbons (Fsp3) is 0. The normalized spacial score (nSPS) is 8.71. The van der Waals surface area contributed by atoms with Crippen LogP contribution in [0.25, 0.3) is 0 Å². The Balaban J connectivity index is 3.02. The van der Waals surface area contributed by atoms with Gasteiger partial charge in [0.2, 0.25) is 0 Å². The molecule has 0 bridgehead atoms. The van der Waals surface area contributed by atoms with Crippen molar-refractivity contribution < 1.29 is 9.37 Å². The van der Waals surface area contributed by atoms with E-state index in [-0.39, 0.29) is 5.82 Å². The van der Waals surface area contributed by atoms with E-state index in [9.17, 15) is 4.39 Å². The molecule has 1 aromatic heterocycles. The van der Waals surface area contributed by atoms with Crippen molar-refractivity contribution in [3.8, 4) is 0 Å². The summed E-state index contributed by atoms with van der Waals surface area (Å²) in [5.74, 6) is -0.209. The zero-order valence-corrected chi connectivity index (χ0v) is 3.69. The minimum atomic E-state index is -0.209. The number of pyridine rings is 1. The number of H-pyrrole nitrogens is 1. The number of halogens is 1. The van der Waals surface area contributed by atoms with Gasteiger partial charge in [0, 0.05) is 12.1 Å². The lowest BCUT2D eigenvalue weighted by atomic mass is 10.5. The molecule has 0 aliphatic rings. The fourth-order valence-corrected chi connectivity index (χ4v) is 0.367. The predicted octanol–water partition coefficient (Wildman–Crippen LogP) is 0.640. The SMILES string of the molecule is Fc1cc[nH+]cc1. The summed E-state index contributed by atoms with van der Waals surface area (Å²) in [5.41, 5.74) is 0. The topological polar surface area (TPSA) is 14.1 Å². The lowest BCUT2D eigenvalue weighted by Crippen LogP contribution is -1.96. The van der Waals surface area contributed by atoms with Crippen LogP contribution in [0, 0.1) is 5.82 Å². The molecule has 0 unspecified atom stereocenters. The Morgan fingerprint density at radius 2 is 1.86 bits per heavy atom. The fourth-order valence-electron chi connectivity index (χ4n) is 0.367. The van der Waals surface area contributed by atoms with E-state index in [0.29, 0.717) is 0 Å². The number of rotatable bonds is 0. The van der Waals surface area contributed by atoms with E-state index in [1.54, 1.807) is 0 Å². The predicted molar refractivity (Wildman–Crippen MR) is 23.0 cm³/mol. The standard InChI is InChI=1S/C5H4FN/c6-5-1-3-7-4-2-5/h1-4H/p+1. The molecule has 0 aromatic carbocycles. The van der Waals surface area contributed by atoms with Crippen molar-refractivity contribution in [2.75, 3.05) is 0 Å². The zero-order chi connectivity index (χ0) is 5.11. The van der Waals surface area contributed by atoms with Gasteiger partial charge in [-0.2, -0.15) is 0 Å². The van der Waals surface area contributed by atoms with Gasteiger partial charge < -0.3 is 0 Å². The van der Waals surface area contributed by atoms with Gasteiger partial charge in [-0.3, -0.25) is 0 Å². The Kier molecular flexibility index (Phi) is 1.02. The molecule has 0 atom stereocenters. The van der Waals surface area contributed by atoms with Crippen LogP contribution >= 0.6 is 0 Å². The second-order valence-electron chi connectivity index (χ2n) is 1.22. The quantitative estimate of drug-likeness (QED) is 0.452. The summed E-state index contributed by atoms with van der Waals surface area (Å²) in [7, 11) is 0. The van der Waals surface area contributed by atoms with Gasteiger partial charge in [0.05, 0.1) is 0 Å². The third-order valence-electron chi connectivity index (χ3n) is 0.678. The highest BCUT2D eigenvalue weighted by atomic mass is 19.1. The van der Waals surface area contributed by atoms with Crippen LogP contribution in [-0.2, 0) is 0 Å². The lowest BCUT2D eigenvalue weighted by molar-refractivity contribution is -0.378. The Hall–Kier alpha value is -0.920. The molecule has 1 heterocycles. The van der Waals surface area contributed by atoms with Crippen molar-refractivity contribution >= 4 is 0 Å². The largest absolute Gasteiger partial charge is 0.218 e. The van der Waals surface area contributed by atoms with E-state index in [0.717, 1.165) is 0 Å². The van der Waals surface area contributed by atoms with Gasteiger partial charge in [-0.25, -0.2) is 9.37 Å². The molecular weight excluding hydrogens is 93.1 g/mol. The summed E-state index contributed by atoms with van der Waals surface area (Å²) >= 11 is 0. The minimum absolute atomic E-state index is 0.209. The van der Waals surface area contributed by atoms with Crippen molar-refractivity contribution in [2.45, 2.75) is 0 Å². The lowest BCUT2D eigenvalue weighted by Gasteiger charge is -1.73. The van der Waals surface area contributed by atoms with E-state index in [1.807, 2.05) is 0 Å². The van der Waals surface area contributed by atoms with Gasteiger partial charge in [0.1, 0.15) is 5.82 Å². The third kappa shape index (κ3) is 0.961. The number of aromatic amines is 1. The molecule has 1 N–H and O–H groups in total. The van der Waals surface area contributed by atoms with Crippen LogP contribution in [0.3, 0.4) is 0 Å². The van der Waals surface area contributed by atoms with Crippen molar-refractivity contribution in [2.24, 2.45) is 0 Å². The molecule has 0 saturated carbocycles. The summed E-state index contributed by atoms with van der Waals surface area (Å²) in [6.45, 7) is 0. The van der Waals surface area contributed by atoms with E-state index >= 15 is 0 Å². The van der Waals surface area contributed by atoms with Crippen LogP contribution < -0.4 is 4.98 Å². The summed E-state index contributed by atoms with van der Waals surface area (Å²) in [6, 6.07) is 2.72. The average Bonchev–Trinajstić information content (AvgIpc) is 1.69. The van der Waals surface area contributed by atoms with Crippen molar-refractivity contribution in [3.63, 3.8) is 0 Å². The van der Waals surface area contributed by atoms with Gasteiger partial charge in [-0.05, 0) is 0 Å². The van der Waals surface area contributed by atoms with Gasteiger partial charge in [-0.1, -0.05) is 0 Å². The molecule has 0 aliphatic carbocycles. The van der Waals surface area contributed by atoms with Gasteiger partial charge in [0.25, 0.3) is 0 Å². The van der Waals surface area contributed by atoms with E-state index in [1.165, 1.54) is 24.5 Å². The minimum Gasteiger partial charge on any atom is -0.218 e. The second kappa shape index (κ2) is 1.69. The first-order valence-electron chi connectivity index (χ1n) is 2.01. The first kappa shape index (κ1) is 4.24. The number of aromatic nitrogens is 1. The van der Waals surface area contributed by atoms with Crippen LogP contribution in [0.4, 0.5) is 4.39 Å². The van der Waals surface area contributed by atoms with Crippen LogP contribution in [-0.4, -0.2) is 0 Å². The second-order valence-corrected chi connectivity index (χ2v) is 1.22. The number of hydrogen-bond acceptors (Lipinski definition) is 0. The van der Waals surface area contributed by atoms with Crippen molar-refractivity contribution in [3.05, 3.63) is 30.3 Å². The van der Waals surface area contributed by atoms with Crippen LogP contribution in [0.2, 0.25) is 0 Å². The van der Waals surface area contributed by atoms with Gasteiger partial charge in [-0.15, -0.1) is 0 Å². The van der Waals surface area contributed by atoms with E-state index < -0.39 is 0 Å². The first-order chi connectivity index (χ1) is 3.39. The Morgan fingerprint density at radius 3 is 2.14 bits per heavy atom. The van der Waals surface area contributed by atoms with E-state index in [2.05, 4.69) is 4.98 Å². The molecule has 1 nitrogen and oxygen atoms in total. The molecule has 0 amide bonds. The maximum Gasteiger partial charge on any atom is 0.169 e. The zero-order valence-electron chi connectivity index (χ0n) is 3.69. The first-order valence-corrected chi connectivity index (χ1v) is 2.01. The van der Waals surface area contributed by atoms with Gasteiger partial charge >= 0.3 is 0 Å². The monoisotopic (exact) mass is 98.0 g/mol.